The number of ether oxygens (including phenoxy) is 1. The first kappa shape index (κ1) is 32.5. The van der Waals surface area contributed by atoms with Crippen molar-refractivity contribution in [3.63, 3.8) is 0 Å². The highest BCUT2D eigenvalue weighted by Crippen LogP contribution is 2.66. The Hall–Kier alpha value is -0.860. The molecular formula is C34H59NO6S. The summed E-state index contributed by atoms with van der Waals surface area (Å²) < 4.78 is 32.6. The number of aliphatic hydroxyl groups excluding tert-OH is 2. The summed E-state index contributed by atoms with van der Waals surface area (Å²) in [6.07, 6.45) is 14.1. The van der Waals surface area contributed by atoms with Crippen LogP contribution in [0.15, 0.2) is 0 Å². The second kappa shape index (κ2) is 12.9. The summed E-state index contributed by atoms with van der Waals surface area (Å²) in [6.45, 7) is 9.83. The van der Waals surface area contributed by atoms with E-state index in [1.54, 1.807) is 0 Å². The summed E-state index contributed by atoms with van der Waals surface area (Å²) in [5.74, 6) is 3.21. The SMILES string of the molecule is CC[C@H]1[C@@H](O)[C@@H]2C[C@H](CC[C@]3(C)[C@@H]([C@H](C)CCCOC(=O)NS(=O)(=O)C4CCCCC4)CC[C@@H]23)[C@@]2(C)CC[C@@H](O)C[C@@H]12. The molecule has 242 valence electrons. The lowest BCUT2D eigenvalue weighted by molar-refractivity contribution is -0.0777. The van der Waals surface area contributed by atoms with Crippen LogP contribution < -0.4 is 4.72 Å². The highest BCUT2D eigenvalue weighted by Gasteiger charge is 2.60. The largest absolute Gasteiger partial charge is 0.449 e. The first-order valence-electron chi connectivity index (χ1n) is 17.4. The van der Waals surface area contributed by atoms with E-state index in [0.717, 1.165) is 64.2 Å². The molecule has 42 heavy (non-hydrogen) atoms. The van der Waals surface area contributed by atoms with Gasteiger partial charge in [0.25, 0.3) is 0 Å². The standard InChI is InChI=1S/C34H59NO6S/c1-5-26-30-21-24(36)16-18-33(30,3)23-15-17-34(4)28(13-14-29(34)27(20-23)31(26)37)22(2)10-9-19-41-32(38)35-42(39,40)25-11-7-6-8-12-25/h22-31,36-37H,5-21H2,1-4H3,(H,35,38)/t22-,23+,24-,26-,27-,28-,29+,30+,31-,33-,34-/m1/s1. The predicted octanol–water partition coefficient (Wildman–Crippen LogP) is 6.81. The van der Waals surface area contributed by atoms with Gasteiger partial charge in [0, 0.05) is 0 Å². The van der Waals surface area contributed by atoms with E-state index < -0.39 is 21.4 Å². The monoisotopic (exact) mass is 609 g/mol. The lowest BCUT2D eigenvalue weighted by Gasteiger charge is -2.51. The van der Waals surface area contributed by atoms with E-state index in [0.29, 0.717) is 48.3 Å². The van der Waals surface area contributed by atoms with E-state index in [4.69, 9.17) is 4.74 Å². The van der Waals surface area contributed by atoms with E-state index in [2.05, 4.69) is 32.4 Å². The summed E-state index contributed by atoms with van der Waals surface area (Å²) >= 11 is 0. The number of carbonyl (C=O) groups is 1. The van der Waals surface area contributed by atoms with Crippen molar-refractivity contribution in [1.82, 2.24) is 4.72 Å². The number of fused-ring (bicyclic) bond motifs is 6. The van der Waals surface area contributed by atoms with E-state index in [1.807, 2.05) is 0 Å². The molecular weight excluding hydrogens is 550 g/mol. The van der Waals surface area contributed by atoms with Gasteiger partial charge in [0.05, 0.1) is 24.1 Å². The van der Waals surface area contributed by atoms with Crippen molar-refractivity contribution in [2.45, 2.75) is 148 Å². The topological polar surface area (TPSA) is 113 Å². The van der Waals surface area contributed by atoms with E-state index >= 15 is 0 Å². The maximum atomic E-state index is 12.5. The van der Waals surface area contributed by atoms with Crippen molar-refractivity contribution in [3.05, 3.63) is 0 Å². The summed E-state index contributed by atoms with van der Waals surface area (Å²) in [5.41, 5.74) is 0.399. The van der Waals surface area contributed by atoms with Gasteiger partial charge in [-0.1, -0.05) is 53.4 Å². The van der Waals surface area contributed by atoms with Gasteiger partial charge in [0.1, 0.15) is 0 Å². The van der Waals surface area contributed by atoms with Gasteiger partial charge in [0.2, 0.25) is 10.0 Å². The molecule has 5 aliphatic carbocycles. The minimum Gasteiger partial charge on any atom is -0.449 e. The molecule has 3 N–H and O–H groups in total. The third-order valence-corrected chi connectivity index (χ3v) is 15.5. The molecule has 1 amide bonds. The van der Waals surface area contributed by atoms with E-state index in [-0.39, 0.29) is 35.6 Å². The summed E-state index contributed by atoms with van der Waals surface area (Å²) in [4.78, 5) is 12.3. The van der Waals surface area contributed by atoms with Crippen LogP contribution in [0.5, 0.6) is 0 Å². The van der Waals surface area contributed by atoms with Gasteiger partial charge in [-0.2, -0.15) is 0 Å². The van der Waals surface area contributed by atoms with Crippen LogP contribution in [-0.2, 0) is 14.8 Å². The van der Waals surface area contributed by atoms with Crippen LogP contribution in [0.1, 0.15) is 130 Å². The molecule has 5 saturated carbocycles. The summed E-state index contributed by atoms with van der Waals surface area (Å²) in [7, 11) is -3.67. The molecule has 8 heteroatoms. The van der Waals surface area contributed by atoms with Crippen molar-refractivity contribution >= 4 is 16.1 Å². The Kier molecular flexibility index (Phi) is 9.96. The maximum Gasteiger partial charge on any atom is 0.420 e. The molecule has 0 aromatic carbocycles. The van der Waals surface area contributed by atoms with Crippen LogP contribution in [0, 0.1) is 52.3 Å². The molecule has 0 aromatic heterocycles. The minimum atomic E-state index is -3.67. The summed E-state index contributed by atoms with van der Waals surface area (Å²) in [5, 5.41) is 22.2. The van der Waals surface area contributed by atoms with Crippen molar-refractivity contribution < 1.29 is 28.2 Å². The molecule has 0 unspecified atom stereocenters. The molecule has 0 spiro atoms. The fourth-order valence-corrected chi connectivity index (χ4v) is 12.8. The Morgan fingerprint density at radius 2 is 1.67 bits per heavy atom. The normalized spacial score (nSPS) is 43.4. The van der Waals surface area contributed by atoms with Crippen LogP contribution in [-0.4, -0.2) is 48.8 Å². The molecule has 5 rings (SSSR count). The van der Waals surface area contributed by atoms with Crippen LogP contribution in [0.2, 0.25) is 0 Å². The second-order valence-electron chi connectivity index (χ2n) is 15.7. The van der Waals surface area contributed by atoms with Crippen molar-refractivity contribution in [3.8, 4) is 0 Å². The zero-order valence-electron chi connectivity index (χ0n) is 26.7. The molecule has 0 aromatic rings. The van der Waals surface area contributed by atoms with Gasteiger partial charge < -0.3 is 14.9 Å². The molecule has 7 nitrogen and oxygen atoms in total. The molecule has 5 aliphatic rings. The molecule has 2 bridgehead atoms. The van der Waals surface area contributed by atoms with Crippen LogP contribution in [0.25, 0.3) is 0 Å². The number of hydrogen-bond acceptors (Lipinski definition) is 6. The summed E-state index contributed by atoms with van der Waals surface area (Å²) in [6, 6.07) is 0. The lowest BCUT2D eigenvalue weighted by Crippen LogP contribution is -2.47. The van der Waals surface area contributed by atoms with Crippen LogP contribution >= 0.6 is 0 Å². The van der Waals surface area contributed by atoms with Gasteiger partial charge >= 0.3 is 6.09 Å². The van der Waals surface area contributed by atoms with Gasteiger partial charge in [-0.15, -0.1) is 0 Å². The number of sulfonamides is 1. The molecule has 0 heterocycles. The van der Waals surface area contributed by atoms with Crippen molar-refractivity contribution in [2.24, 2.45) is 52.3 Å². The smallest absolute Gasteiger partial charge is 0.420 e. The fraction of sp³-hybridized carbons (Fsp3) is 0.971. The zero-order chi connectivity index (χ0) is 30.3. The molecule has 0 aliphatic heterocycles. The van der Waals surface area contributed by atoms with Crippen LogP contribution in [0.3, 0.4) is 0 Å². The molecule has 5 fully saturated rings. The average Bonchev–Trinajstić information content (AvgIpc) is 3.17. The first-order chi connectivity index (χ1) is 19.9. The zero-order valence-corrected chi connectivity index (χ0v) is 27.5. The Bertz CT molecular complexity index is 1040. The number of rotatable bonds is 8. The van der Waals surface area contributed by atoms with Gasteiger partial charge in [-0.05, 0) is 129 Å². The first-order valence-corrected chi connectivity index (χ1v) is 19.0. The number of aliphatic hydroxyl groups is 2. The van der Waals surface area contributed by atoms with Gasteiger partial charge in [-0.25, -0.2) is 17.9 Å². The van der Waals surface area contributed by atoms with E-state index in [9.17, 15) is 23.4 Å². The minimum absolute atomic E-state index is 0.196. The lowest BCUT2D eigenvalue weighted by atomic mass is 9.55. The van der Waals surface area contributed by atoms with Crippen molar-refractivity contribution in [1.29, 1.82) is 0 Å². The Labute approximate surface area is 255 Å². The van der Waals surface area contributed by atoms with E-state index in [1.165, 1.54) is 25.7 Å². The quantitative estimate of drug-likeness (QED) is 0.261. The predicted molar refractivity (Wildman–Crippen MR) is 165 cm³/mol. The molecule has 11 atom stereocenters. The van der Waals surface area contributed by atoms with Gasteiger partial charge in [0.15, 0.2) is 0 Å². The number of hydrogen-bond donors (Lipinski definition) is 3. The third-order valence-electron chi connectivity index (χ3n) is 13.7. The fourth-order valence-electron chi connectivity index (χ4n) is 11.3. The highest BCUT2D eigenvalue weighted by molar-refractivity contribution is 7.90. The highest BCUT2D eigenvalue weighted by atomic mass is 32.2. The molecule has 0 saturated heterocycles. The van der Waals surface area contributed by atoms with Gasteiger partial charge in [-0.3, -0.25) is 0 Å². The van der Waals surface area contributed by atoms with Crippen molar-refractivity contribution in [2.75, 3.05) is 6.61 Å². The number of nitrogens with one attached hydrogen (secondary N) is 1. The number of amides is 1. The van der Waals surface area contributed by atoms with Crippen LogP contribution in [0.4, 0.5) is 4.79 Å². The third kappa shape index (κ3) is 6.16. The Morgan fingerprint density at radius 1 is 0.952 bits per heavy atom. The second-order valence-corrected chi connectivity index (χ2v) is 17.7. The molecule has 0 radical (unpaired) electrons. The Morgan fingerprint density at radius 3 is 2.38 bits per heavy atom. The average molecular weight is 610 g/mol. The maximum absolute atomic E-state index is 12.5. The Balaban J connectivity index is 1.19. The number of carbonyl (C=O) groups excluding carboxylic acids is 1.